The van der Waals surface area contributed by atoms with Crippen LogP contribution in [0.5, 0.6) is 11.5 Å². The first-order chi connectivity index (χ1) is 9.63. The molecule has 5 heteroatoms. The van der Waals surface area contributed by atoms with E-state index in [1.807, 2.05) is 18.2 Å². The largest absolute Gasteiger partial charge is 0.493 e. The van der Waals surface area contributed by atoms with Crippen LogP contribution in [0.3, 0.4) is 0 Å². The minimum absolute atomic E-state index is 0.0522. The van der Waals surface area contributed by atoms with Gasteiger partial charge in [-0.25, -0.2) is 4.79 Å². The molecular weight excluding hydrogens is 280 g/mol. The minimum Gasteiger partial charge on any atom is -0.493 e. The molecule has 104 valence electrons. The second-order valence-electron chi connectivity index (χ2n) is 4.02. The van der Waals surface area contributed by atoms with Gasteiger partial charge in [0.25, 0.3) is 0 Å². The van der Waals surface area contributed by atoms with Crippen molar-refractivity contribution in [3.05, 3.63) is 58.6 Å². The fraction of sp³-hybridized carbons (Fsp3) is 0.133. The third-order valence-corrected chi connectivity index (χ3v) is 3.13. The zero-order valence-electron chi connectivity index (χ0n) is 10.8. The normalized spacial score (nSPS) is 10.1. The molecule has 0 heterocycles. The van der Waals surface area contributed by atoms with Gasteiger partial charge >= 0.3 is 5.97 Å². The predicted octanol–water partition coefficient (Wildman–Crippen LogP) is 3.63. The molecule has 2 aromatic carbocycles. The lowest BCUT2D eigenvalue weighted by Gasteiger charge is -2.13. The molecule has 0 aliphatic rings. The van der Waals surface area contributed by atoms with Crippen LogP contribution >= 0.6 is 11.6 Å². The average Bonchev–Trinajstić information content (AvgIpc) is 2.46. The molecule has 2 aromatic rings. The highest BCUT2D eigenvalue weighted by Crippen LogP contribution is 2.32. The Kier molecular flexibility index (Phi) is 4.48. The van der Waals surface area contributed by atoms with E-state index in [9.17, 15) is 9.90 Å². The summed E-state index contributed by atoms with van der Waals surface area (Å²) in [7, 11) is 1.46. The SMILES string of the molecule is COc1cccc(C(=O)O)c1OCc1ccccc1Cl. The van der Waals surface area contributed by atoms with Crippen LogP contribution in [0.2, 0.25) is 5.02 Å². The first-order valence-corrected chi connectivity index (χ1v) is 6.27. The molecule has 20 heavy (non-hydrogen) atoms. The number of benzene rings is 2. The molecule has 0 saturated heterocycles. The van der Waals surface area contributed by atoms with E-state index in [-0.39, 0.29) is 17.9 Å². The zero-order valence-corrected chi connectivity index (χ0v) is 11.6. The van der Waals surface area contributed by atoms with Gasteiger partial charge in [-0.3, -0.25) is 0 Å². The standard InChI is InChI=1S/C15H13ClO4/c1-19-13-8-4-6-11(15(17)18)14(13)20-9-10-5-2-3-7-12(10)16/h2-8H,9H2,1H3,(H,17,18). The summed E-state index contributed by atoms with van der Waals surface area (Å²) in [5.41, 5.74) is 0.827. The fourth-order valence-electron chi connectivity index (χ4n) is 1.76. The molecule has 0 atom stereocenters. The van der Waals surface area contributed by atoms with E-state index < -0.39 is 5.97 Å². The van der Waals surface area contributed by atoms with Gasteiger partial charge < -0.3 is 14.6 Å². The molecule has 0 unspecified atom stereocenters. The van der Waals surface area contributed by atoms with Crippen LogP contribution in [0, 0.1) is 0 Å². The molecule has 0 aromatic heterocycles. The summed E-state index contributed by atoms with van der Waals surface area (Å²) in [6, 6.07) is 11.9. The summed E-state index contributed by atoms with van der Waals surface area (Å²) in [6.07, 6.45) is 0. The number of carboxylic acid groups (broad SMARTS) is 1. The number of rotatable bonds is 5. The number of ether oxygens (including phenoxy) is 2. The van der Waals surface area contributed by atoms with Crippen LogP contribution in [0.25, 0.3) is 0 Å². The van der Waals surface area contributed by atoms with E-state index in [1.165, 1.54) is 13.2 Å². The Morgan fingerprint density at radius 2 is 1.95 bits per heavy atom. The highest BCUT2D eigenvalue weighted by Gasteiger charge is 2.16. The number of hydrogen-bond donors (Lipinski definition) is 1. The van der Waals surface area contributed by atoms with Gasteiger partial charge in [-0.05, 0) is 18.2 Å². The summed E-state index contributed by atoms with van der Waals surface area (Å²) >= 11 is 6.04. The fourth-order valence-corrected chi connectivity index (χ4v) is 1.95. The first kappa shape index (κ1) is 14.2. The van der Waals surface area contributed by atoms with Crippen molar-refractivity contribution in [2.45, 2.75) is 6.61 Å². The summed E-state index contributed by atoms with van der Waals surface area (Å²) in [6.45, 7) is 0.167. The van der Waals surface area contributed by atoms with E-state index in [0.717, 1.165) is 5.56 Å². The molecular formula is C15H13ClO4. The van der Waals surface area contributed by atoms with Crippen LogP contribution in [-0.4, -0.2) is 18.2 Å². The number of halogens is 1. The molecule has 0 spiro atoms. The number of carboxylic acids is 1. The molecule has 0 bridgehead atoms. The number of para-hydroxylation sites is 1. The van der Waals surface area contributed by atoms with Gasteiger partial charge in [-0.1, -0.05) is 35.9 Å². The molecule has 0 aliphatic heterocycles. The van der Waals surface area contributed by atoms with Gasteiger partial charge in [0.05, 0.1) is 7.11 Å². The Hall–Kier alpha value is -2.20. The topological polar surface area (TPSA) is 55.8 Å². The highest BCUT2D eigenvalue weighted by molar-refractivity contribution is 6.31. The first-order valence-electron chi connectivity index (χ1n) is 5.90. The Balaban J connectivity index is 2.29. The molecule has 0 amide bonds. The van der Waals surface area contributed by atoms with Crippen molar-refractivity contribution in [1.82, 2.24) is 0 Å². The smallest absolute Gasteiger partial charge is 0.339 e. The summed E-state index contributed by atoms with van der Waals surface area (Å²) in [5, 5.41) is 9.74. The van der Waals surface area contributed by atoms with Crippen LogP contribution in [0.15, 0.2) is 42.5 Å². The number of aromatic carboxylic acids is 1. The third-order valence-electron chi connectivity index (χ3n) is 2.76. The maximum Gasteiger partial charge on any atom is 0.339 e. The summed E-state index contributed by atoms with van der Waals surface area (Å²) < 4.78 is 10.7. The van der Waals surface area contributed by atoms with Crippen LogP contribution < -0.4 is 9.47 Å². The monoisotopic (exact) mass is 292 g/mol. The van der Waals surface area contributed by atoms with E-state index in [4.69, 9.17) is 21.1 Å². The van der Waals surface area contributed by atoms with Crippen molar-refractivity contribution in [3.8, 4) is 11.5 Å². The Labute approximate surface area is 121 Å². The Morgan fingerprint density at radius 3 is 2.60 bits per heavy atom. The second kappa shape index (κ2) is 6.30. The van der Waals surface area contributed by atoms with E-state index in [1.54, 1.807) is 18.2 Å². The van der Waals surface area contributed by atoms with Crippen molar-refractivity contribution < 1.29 is 19.4 Å². The van der Waals surface area contributed by atoms with Crippen molar-refractivity contribution in [2.24, 2.45) is 0 Å². The minimum atomic E-state index is -1.07. The molecule has 4 nitrogen and oxygen atoms in total. The van der Waals surface area contributed by atoms with Crippen LogP contribution in [-0.2, 0) is 6.61 Å². The quantitative estimate of drug-likeness (QED) is 0.914. The van der Waals surface area contributed by atoms with Crippen LogP contribution in [0.4, 0.5) is 0 Å². The van der Waals surface area contributed by atoms with Gasteiger partial charge in [0.15, 0.2) is 11.5 Å². The van der Waals surface area contributed by atoms with Gasteiger partial charge in [0.2, 0.25) is 0 Å². The predicted molar refractivity (Wildman–Crippen MR) is 75.7 cm³/mol. The molecule has 0 saturated carbocycles. The van der Waals surface area contributed by atoms with Gasteiger partial charge in [-0.15, -0.1) is 0 Å². The van der Waals surface area contributed by atoms with Gasteiger partial charge in [-0.2, -0.15) is 0 Å². The summed E-state index contributed by atoms with van der Waals surface area (Å²) in [5.74, 6) is -0.502. The second-order valence-corrected chi connectivity index (χ2v) is 4.43. The van der Waals surface area contributed by atoms with Crippen molar-refractivity contribution >= 4 is 17.6 Å². The molecule has 2 rings (SSSR count). The van der Waals surface area contributed by atoms with Crippen LogP contribution in [0.1, 0.15) is 15.9 Å². The lowest BCUT2D eigenvalue weighted by molar-refractivity contribution is 0.0691. The van der Waals surface area contributed by atoms with Crippen molar-refractivity contribution in [2.75, 3.05) is 7.11 Å². The van der Waals surface area contributed by atoms with Crippen molar-refractivity contribution in [1.29, 1.82) is 0 Å². The third kappa shape index (κ3) is 3.03. The van der Waals surface area contributed by atoms with Gasteiger partial charge in [0, 0.05) is 10.6 Å². The molecule has 1 N–H and O–H groups in total. The zero-order chi connectivity index (χ0) is 14.5. The summed E-state index contributed by atoms with van der Waals surface area (Å²) in [4.78, 5) is 11.2. The average molecular weight is 293 g/mol. The lowest BCUT2D eigenvalue weighted by atomic mass is 10.2. The van der Waals surface area contributed by atoms with Crippen molar-refractivity contribution in [3.63, 3.8) is 0 Å². The molecule has 0 fully saturated rings. The van der Waals surface area contributed by atoms with E-state index in [0.29, 0.717) is 10.8 Å². The lowest BCUT2D eigenvalue weighted by Crippen LogP contribution is -2.05. The maximum absolute atomic E-state index is 11.2. The van der Waals surface area contributed by atoms with E-state index in [2.05, 4.69) is 0 Å². The maximum atomic E-state index is 11.2. The Morgan fingerprint density at radius 1 is 1.20 bits per heavy atom. The number of methoxy groups -OCH3 is 1. The molecule has 0 aliphatic carbocycles. The Bertz CT molecular complexity index is 625. The number of carbonyl (C=O) groups is 1. The highest BCUT2D eigenvalue weighted by atomic mass is 35.5. The van der Waals surface area contributed by atoms with E-state index >= 15 is 0 Å². The molecule has 0 radical (unpaired) electrons. The number of hydrogen-bond acceptors (Lipinski definition) is 3. The van der Waals surface area contributed by atoms with Gasteiger partial charge in [0.1, 0.15) is 12.2 Å².